The molecule has 0 spiro atoms. The molecule has 0 bridgehead atoms. The van der Waals surface area contributed by atoms with Crippen molar-refractivity contribution in [1.29, 1.82) is 0 Å². The summed E-state index contributed by atoms with van der Waals surface area (Å²) in [5, 5.41) is 14.0. The molecule has 0 aliphatic heterocycles. The summed E-state index contributed by atoms with van der Waals surface area (Å²) in [6.07, 6.45) is 4.43. The van der Waals surface area contributed by atoms with Crippen molar-refractivity contribution in [3.8, 4) is 0 Å². The van der Waals surface area contributed by atoms with E-state index >= 15 is 0 Å². The number of anilines is 2. The highest BCUT2D eigenvalue weighted by molar-refractivity contribution is 7.98. The van der Waals surface area contributed by atoms with Gasteiger partial charge in [0.05, 0.1) is 0 Å². The third kappa shape index (κ3) is 2.47. The average Bonchev–Trinajstić information content (AvgIpc) is 3.06. The highest BCUT2D eigenvalue weighted by Crippen LogP contribution is 2.27. The molecule has 96 valence electrons. The van der Waals surface area contributed by atoms with E-state index in [1.54, 1.807) is 11.8 Å². The van der Waals surface area contributed by atoms with Crippen LogP contribution in [0.3, 0.4) is 0 Å². The van der Waals surface area contributed by atoms with Gasteiger partial charge >= 0.3 is 0 Å². The zero-order valence-corrected chi connectivity index (χ0v) is 10.8. The molecular weight excluding hydrogens is 252 g/mol. The molecule has 2 heterocycles. The van der Waals surface area contributed by atoms with Crippen molar-refractivity contribution in [2.45, 2.75) is 18.9 Å². The van der Waals surface area contributed by atoms with Gasteiger partial charge < -0.3 is 10.6 Å². The average molecular weight is 266 g/mol. The van der Waals surface area contributed by atoms with E-state index in [0.717, 1.165) is 23.9 Å². The quantitative estimate of drug-likeness (QED) is 0.758. The molecule has 0 saturated heterocycles. The van der Waals surface area contributed by atoms with Gasteiger partial charge in [0.1, 0.15) is 0 Å². The Morgan fingerprint density at radius 2 is 1.94 bits per heavy atom. The molecule has 0 radical (unpaired) electrons. The number of nitrogens with zero attached hydrogens (tertiary/aromatic N) is 4. The lowest BCUT2D eigenvalue weighted by atomic mass is 10.5. The van der Waals surface area contributed by atoms with Crippen LogP contribution in [0.4, 0.5) is 11.6 Å². The van der Waals surface area contributed by atoms with Crippen molar-refractivity contribution in [3.05, 3.63) is 0 Å². The highest BCUT2D eigenvalue weighted by Gasteiger charge is 2.24. The van der Waals surface area contributed by atoms with Crippen molar-refractivity contribution in [3.63, 3.8) is 0 Å². The third-order valence-corrected chi connectivity index (χ3v) is 3.24. The SMILES string of the molecule is CSCCNc1nc2nonc2nc1NC1CC1. The second-order valence-corrected chi connectivity index (χ2v) is 5.16. The smallest absolute Gasteiger partial charge is 0.245 e. The largest absolute Gasteiger partial charge is 0.366 e. The molecule has 1 aliphatic rings. The lowest BCUT2D eigenvalue weighted by Crippen LogP contribution is -2.12. The maximum Gasteiger partial charge on any atom is 0.245 e. The first-order valence-corrected chi connectivity index (χ1v) is 7.26. The van der Waals surface area contributed by atoms with Crippen LogP contribution in [0.1, 0.15) is 12.8 Å². The number of aromatic nitrogens is 4. The van der Waals surface area contributed by atoms with Gasteiger partial charge in [-0.05, 0) is 29.4 Å². The van der Waals surface area contributed by atoms with Crippen LogP contribution in [-0.2, 0) is 0 Å². The zero-order valence-electron chi connectivity index (χ0n) is 10.0. The van der Waals surface area contributed by atoms with Gasteiger partial charge in [-0.3, -0.25) is 0 Å². The van der Waals surface area contributed by atoms with Gasteiger partial charge in [-0.25, -0.2) is 14.6 Å². The Labute approximate surface area is 108 Å². The van der Waals surface area contributed by atoms with Crippen LogP contribution < -0.4 is 10.6 Å². The van der Waals surface area contributed by atoms with Crippen LogP contribution in [0, 0.1) is 0 Å². The topological polar surface area (TPSA) is 88.8 Å². The van der Waals surface area contributed by atoms with Gasteiger partial charge in [0.2, 0.25) is 11.3 Å². The van der Waals surface area contributed by atoms with Gasteiger partial charge in [-0.15, -0.1) is 0 Å². The van der Waals surface area contributed by atoms with Gasteiger partial charge in [0.25, 0.3) is 0 Å². The molecule has 2 aromatic rings. The lowest BCUT2D eigenvalue weighted by Gasteiger charge is -2.10. The Balaban J connectivity index is 1.85. The summed E-state index contributed by atoms with van der Waals surface area (Å²) in [5.74, 6) is 2.47. The van der Waals surface area contributed by atoms with Crippen LogP contribution in [-0.4, -0.2) is 44.9 Å². The maximum absolute atomic E-state index is 4.64. The van der Waals surface area contributed by atoms with E-state index in [1.165, 1.54) is 12.8 Å². The van der Waals surface area contributed by atoms with Gasteiger partial charge in [-0.1, -0.05) is 0 Å². The minimum atomic E-state index is 0.433. The highest BCUT2D eigenvalue weighted by atomic mass is 32.2. The molecule has 1 saturated carbocycles. The summed E-state index contributed by atoms with van der Waals surface area (Å²) in [6, 6.07) is 0.512. The van der Waals surface area contributed by atoms with E-state index in [2.05, 4.69) is 41.8 Å². The van der Waals surface area contributed by atoms with E-state index in [-0.39, 0.29) is 0 Å². The molecule has 7 nitrogen and oxygen atoms in total. The molecule has 1 fully saturated rings. The van der Waals surface area contributed by atoms with Crippen molar-refractivity contribution in [2.24, 2.45) is 0 Å². The first-order valence-electron chi connectivity index (χ1n) is 5.86. The predicted molar refractivity (Wildman–Crippen MR) is 70.9 cm³/mol. The molecule has 0 atom stereocenters. The van der Waals surface area contributed by atoms with Crippen molar-refractivity contribution in [1.82, 2.24) is 20.3 Å². The zero-order chi connectivity index (χ0) is 12.4. The van der Waals surface area contributed by atoms with Crippen LogP contribution in [0.2, 0.25) is 0 Å². The molecule has 18 heavy (non-hydrogen) atoms. The second kappa shape index (κ2) is 4.97. The number of nitrogens with one attached hydrogen (secondary N) is 2. The maximum atomic E-state index is 4.64. The molecular formula is C10H14N6OS. The van der Waals surface area contributed by atoms with Gasteiger partial charge in [0.15, 0.2) is 11.6 Å². The summed E-state index contributed by atoms with van der Waals surface area (Å²) >= 11 is 1.78. The fourth-order valence-corrected chi connectivity index (χ4v) is 1.86. The van der Waals surface area contributed by atoms with Crippen molar-refractivity contribution >= 4 is 34.7 Å². The first kappa shape index (κ1) is 11.5. The molecule has 0 unspecified atom stereocenters. The monoisotopic (exact) mass is 266 g/mol. The Bertz CT molecular complexity index is 540. The normalized spacial score (nSPS) is 14.9. The summed E-state index contributed by atoms with van der Waals surface area (Å²) in [5.41, 5.74) is 0.872. The van der Waals surface area contributed by atoms with E-state index in [0.29, 0.717) is 17.3 Å². The Morgan fingerprint density at radius 1 is 1.22 bits per heavy atom. The van der Waals surface area contributed by atoms with Gasteiger partial charge in [-0.2, -0.15) is 11.8 Å². The molecule has 2 aromatic heterocycles. The number of hydrogen-bond donors (Lipinski definition) is 2. The Kier molecular flexibility index (Phi) is 3.18. The minimum absolute atomic E-state index is 0.433. The van der Waals surface area contributed by atoms with E-state index in [9.17, 15) is 0 Å². The fraction of sp³-hybridized carbons (Fsp3) is 0.600. The van der Waals surface area contributed by atoms with E-state index in [1.807, 2.05) is 0 Å². The van der Waals surface area contributed by atoms with E-state index < -0.39 is 0 Å². The molecule has 0 aromatic carbocycles. The van der Waals surface area contributed by atoms with E-state index in [4.69, 9.17) is 0 Å². The van der Waals surface area contributed by atoms with Crippen LogP contribution in [0.15, 0.2) is 4.63 Å². The first-order chi connectivity index (χ1) is 8.86. The number of hydrogen-bond acceptors (Lipinski definition) is 8. The van der Waals surface area contributed by atoms with Crippen LogP contribution in [0.5, 0.6) is 0 Å². The van der Waals surface area contributed by atoms with Crippen molar-refractivity contribution < 1.29 is 4.63 Å². The minimum Gasteiger partial charge on any atom is -0.366 e. The summed E-state index contributed by atoms with van der Waals surface area (Å²) < 4.78 is 4.64. The Morgan fingerprint density at radius 3 is 2.61 bits per heavy atom. The van der Waals surface area contributed by atoms with Gasteiger partial charge in [0, 0.05) is 18.3 Å². The van der Waals surface area contributed by atoms with Crippen molar-refractivity contribution in [2.75, 3.05) is 29.2 Å². The summed E-state index contributed by atoms with van der Waals surface area (Å²) in [7, 11) is 0. The Hall–Kier alpha value is -1.57. The standard InChI is InChI=1S/C10H14N6OS/c1-18-5-4-11-7-8(12-6-2-3-6)14-10-9(13-7)15-17-16-10/h6H,2-5H2,1H3,(H,11,13,15)(H,12,14,16). The predicted octanol–water partition coefficient (Wildman–Crippen LogP) is 1.36. The number of fused-ring (bicyclic) bond motifs is 1. The summed E-state index contributed by atoms with van der Waals surface area (Å²) in [6.45, 7) is 0.839. The molecule has 0 amide bonds. The lowest BCUT2D eigenvalue weighted by molar-refractivity contribution is 0.314. The third-order valence-electron chi connectivity index (χ3n) is 2.63. The molecule has 1 aliphatic carbocycles. The number of rotatable bonds is 6. The molecule has 3 rings (SSSR count). The molecule has 8 heteroatoms. The van der Waals surface area contributed by atoms with Crippen LogP contribution >= 0.6 is 11.8 Å². The summed E-state index contributed by atoms with van der Waals surface area (Å²) in [4.78, 5) is 8.76. The molecule has 2 N–H and O–H groups in total. The second-order valence-electron chi connectivity index (χ2n) is 4.17. The number of thioether (sulfide) groups is 1. The van der Waals surface area contributed by atoms with Crippen LogP contribution in [0.25, 0.3) is 11.3 Å². The fourth-order valence-electron chi connectivity index (χ4n) is 1.55.